The van der Waals surface area contributed by atoms with E-state index in [0.717, 1.165) is 18.7 Å². The molecule has 1 unspecified atom stereocenters. The Kier molecular flexibility index (Phi) is 4.93. The van der Waals surface area contributed by atoms with E-state index in [0.29, 0.717) is 6.54 Å². The summed E-state index contributed by atoms with van der Waals surface area (Å²) in [5.41, 5.74) is 9.63. The molecule has 1 heterocycles. The molecule has 0 bridgehead atoms. The van der Waals surface area contributed by atoms with Crippen molar-refractivity contribution in [3.63, 3.8) is 0 Å². The Bertz CT molecular complexity index is 533. The molecular weight excluding hydrogens is 248 g/mol. The van der Waals surface area contributed by atoms with Crippen LogP contribution in [0.25, 0.3) is 0 Å². The van der Waals surface area contributed by atoms with Crippen LogP contribution in [-0.2, 0) is 13.5 Å². The van der Waals surface area contributed by atoms with Gasteiger partial charge >= 0.3 is 0 Å². The number of nitrogens with two attached hydrogens (primary N) is 1. The van der Waals surface area contributed by atoms with E-state index in [1.807, 2.05) is 18.7 Å². The second-order valence-corrected chi connectivity index (χ2v) is 5.31. The van der Waals surface area contributed by atoms with Gasteiger partial charge in [-0.1, -0.05) is 30.3 Å². The second kappa shape index (κ2) is 6.68. The van der Waals surface area contributed by atoms with E-state index in [9.17, 15) is 0 Å². The lowest BCUT2D eigenvalue weighted by atomic mass is 10.1. The topological polar surface area (TPSA) is 47.1 Å². The molecule has 0 radical (unpaired) electrons. The fraction of sp³-hybridized carbons (Fsp3) is 0.438. The number of likely N-dealkylation sites (N-methyl/N-ethyl adjacent to an activating group) is 1. The normalized spacial score (nSPS) is 12.8. The molecule has 2 aromatic rings. The summed E-state index contributed by atoms with van der Waals surface area (Å²) in [6.07, 6.45) is 3.11. The average Bonchev–Trinajstić information content (AvgIpc) is 2.77. The first-order valence-corrected chi connectivity index (χ1v) is 7.06. The highest BCUT2D eigenvalue weighted by atomic mass is 15.3. The van der Waals surface area contributed by atoms with Crippen molar-refractivity contribution in [2.75, 3.05) is 20.1 Å². The van der Waals surface area contributed by atoms with Crippen molar-refractivity contribution in [2.24, 2.45) is 12.8 Å². The molecule has 1 atom stereocenters. The molecular formula is C16H24N4. The van der Waals surface area contributed by atoms with Gasteiger partial charge in [0.15, 0.2) is 0 Å². The van der Waals surface area contributed by atoms with Crippen LogP contribution in [0.15, 0.2) is 36.5 Å². The summed E-state index contributed by atoms with van der Waals surface area (Å²) in [6.45, 7) is 3.64. The van der Waals surface area contributed by atoms with Gasteiger partial charge in [0.05, 0.1) is 11.7 Å². The predicted molar refractivity (Wildman–Crippen MR) is 82.5 cm³/mol. The maximum Gasteiger partial charge on any atom is 0.0641 e. The van der Waals surface area contributed by atoms with Crippen molar-refractivity contribution in [1.29, 1.82) is 0 Å². The SMILES string of the molecule is Cc1nn(C)cc1C(CN)N(C)CCc1ccccc1. The summed E-state index contributed by atoms with van der Waals surface area (Å²) in [5, 5.41) is 4.42. The molecule has 20 heavy (non-hydrogen) atoms. The number of aryl methyl sites for hydroxylation is 2. The highest BCUT2D eigenvalue weighted by Crippen LogP contribution is 2.21. The van der Waals surface area contributed by atoms with E-state index in [-0.39, 0.29) is 6.04 Å². The van der Waals surface area contributed by atoms with Crippen molar-refractivity contribution in [3.05, 3.63) is 53.3 Å². The Morgan fingerprint density at radius 2 is 2.00 bits per heavy atom. The van der Waals surface area contributed by atoms with Gasteiger partial charge in [-0.05, 0) is 26.0 Å². The fourth-order valence-corrected chi connectivity index (χ4v) is 2.60. The first-order valence-electron chi connectivity index (χ1n) is 7.06. The molecule has 0 aliphatic heterocycles. The van der Waals surface area contributed by atoms with Crippen molar-refractivity contribution < 1.29 is 0 Å². The minimum Gasteiger partial charge on any atom is -0.329 e. The van der Waals surface area contributed by atoms with Gasteiger partial charge in [-0.2, -0.15) is 5.10 Å². The molecule has 2 N–H and O–H groups in total. The first-order chi connectivity index (χ1) is 9.61. The van der Waals surface area contributed by atoms with Gasteiger partial charge in [0.25, 0.3) is 0 Å². The lowest BCUT2D eigenvalue weighted by Crippen LogP contribution is -2.32. The molecule has 0 spiro atoms. The van der Waals surface area contributed by atoms with E-state index in [1.54, 1.807) is 0 Å². The van der Waals surface area contributed by atoms with E-state index in [2.05, 4.69) is 53.6 Å². The van der Waals surface area contributed by atoms with Crippen LogP contribution in [0.5, 0.6) is 0 Å². The van der Waals surface area contributed by atoms with Crippen LogP contribution in [0.4, 0.5) is 0 Å². The Hall–Kier alpha value is -1.65. The lowest BCUT2D eigenvalue weighted by molar-refractivity contribution is 0.252. The molecule has 2 rings (SSSR count). The molecule has 0 aliphatic rings. The van der Waals surface area contributed by atoms with E-state index >= 15 is 0 Å². The van der Waals surface area contributed by atoms with Crippen LogP contribution in [0.3, 0.4) is 0 Å². The molecule has 0 amide bonds. The lowest BCUT2D eigenvalue weighted by Gasteiger charge is -2.26. The summed E-state index contributed by atoms with van der Waals surface area (Å²) in [5.74, 6) is 0. The van der Waals surface area contributed by atoms with Crippen molar-refractivity contribution in [2.45, 2.75) is 19.4 Å². The van der Waals surface area contributed by atoms with E-state index in [1.165, 1.54) is 11.1 Å². The standard InChI is InChI=1S/C16H24N4/c1-13-15(12-20(3)18-13)16(11-17)19(2)10-9-14-7-5-4-6-8-14/h4-8,12,16H,9-11,17H2,1-3H3. The van der Waals surface area contributed by atoms with Crippen molar-refractivity contribution in [1.82, 2.24) is 14.7 Å². The van der Waals surface area contributed by atoms with Gasteiger partial charge in [0, 0.05) is 31.9 Å². The Morgan fingerprint density at radius 3 is 2.55 bits per heavy atom. The van der Waals surface area contributed by atoms with Crippen LogP contribution in [0, 0.1) is 6.92 Å². The molecule has 1 aromatic carbocycles. The number of aromatic nitrogens is 2. The van der Waals surface area contributed by atoms with Crippen LogP contribution in [0.2, 0.25) is 0 Å². The molecule has 0 saturated heterocycles. The largest absolute Gasteiger partial charge is 0.329 e. The van der Waals surface area contributed by atoms with E-state index < -0.39 is 0 Å². The van der Waals surface area contributed by atoms with Crippen LogP contribution < -0.4 is 5.73 Å². The third-order valence-electron chi connectivity index (χ3n) is 3.76. The highest BCUT2D eigenvalue weighted by molar-refractivity contribution is 5.21. The molecule has 1 aromatic heterocycles. The van der Waals surface area contributed by atoms with Gasteiger partial charge in [-0.15, -0.1) is 0 Å². The molecule has 0 aliphatic carbocycles. The zero-order chi connectivity index (χ0) is 14.5. The smallest absolute Gasteiger partial charge is 0.0641 e. The van der Waals surface area contributed by atoms with Gasteiger partial charge in [0.1, 0.15) is 0 Å². The summed E-state index contributed by atoms with van der Waals surface area (Å²) >= 11 is 0. The highest BCUT2D eigenvalue weighted by Gasteiger charge is 2.19. The number of hydrogen-bond acceptors (Lipinski definition) is 3. The minimum absolute atomic E-state index is 0.229. The quantitative estimate of drug-likeness (QED) is 0.873. The van der Waals surface area contributed by atoms with Crippen LogP contribution in [-0.4, -0.2) is 34.8 Å². The van der Waals surface area contributed by atoms with Gasteiger partial charge in [-0.25, -0.2) is 0 Å². The zero-order valence-corrected chi connectivity index (χ0v) is 12.6. The molecule has 4 nitrogen and oxygen atoms in total. The maximum absolute atomic E-state index is 5.97. The van der Waals surface area contributed by atoms with Gasteiger partial charge < -0.3 is 5.73 Å². The Morgan fingerprint density at radius 1 is 1.30 bits per heavy atom. The zero-order valence-electron chi connectivity index (χ0n) is 12.6. The van der Waals surface area contributed by atoms with Gasteiger partial charge in [-0.3, -0.25) is 9.58 Å². The number of nitrogens with zero attached hydrogens (tertiary/aromatic N) is 3. The Labute approximate surface area is 121 Å². The maximum atomic E-state index is 5.97. The Balaban J connectivity index is 2.02. The number of rotatable bonds is 6. The number of benzene rings is 1. The number of hydrogen-bond donors (Lipinski definition) is 1. The second-order valence-electron chi connectivity index (χ2n) is 5.31. The average molecular weight is 272 g/mol. The monoisotopic (exact) mass is 272 g/mol. The molecule has 0 fully saturated rings. The predicted octanol–water partition coefficient (Wildman–Crippen LogP) is 1.90. The third kappa shape index (κ3) is 3.46. The molecule has 4 heteroatoms. The van der Waals surface area contributed by atoms with Crippen molar-refractivity contribution in [3.8, 4) is 0 Å². The minimum atomic E-state index is 0.229. The first kappa shape index (κ1) is 14.8. The van der Waals surface area contributed by atoms with Crippen LogP contribution >= 0.6 is 0 Å². The molecule has 0 saturated carbocycles. The van der Waals surface area contributed by atoms with E-state index in [4.69, 9.17) is 5.73 Å². The molecule has 108 valence electrons. The third-order valence-corrected chi connectivity index (χ3v) is 3.76. The summed E-state index contributed by atoms with van der Waals surface area (Å²) in [7, 11) is 4.08. The van der Waals surface area contributed by atoms with Crippen LogP contribution in [0.1, 0.15) is 22.9 Å². The summed E-state index contributed by atoms with van der Waals surface area (Å²) in [6, 6.07) is 10.8. The fourth-order valence-electron chi connectivity index (χ4n) is 2.60. The van der Waals surface area contributed by atoms with Gasteiger partial charge in [0.2, 0.25) is 0 Å². The van der Waals surface area contributed by atoms with Crippen molar-refractivity contribution >= 4 is 0 Å². The summed E-state index contributed by atoms with van der Waals surface area (Å²) < 4.78 is 1.86. The summed E-state index contributed by atoms with van der Waals surface area (Å²) in [4.78, 5) is 2.32.